The zero-order valence-electron chi connectivity index (χ0n) is 11.9. The highest BCUT2D eigenvalue weighted by molar-refractivity contribution is 5.74. The van der Waals surface area contributed by atoms with Crippen molar-refractivity contribution in [3.8, 4) is 0 Å². The van der Waals surface area contributed by atoms with Crippen LogP contribution >= 0.6 is 0 Å². The predicted molar refractivity (Wildman–Crippen MR) is 78.0 cm³/mol. The van der Waals surface area contributed by atoms with Crippen molar-refractivity contribution in [2.75, 3.05) is 0 Å². The number of carbonyl (C=O) groups is 1. The van der Waals surface area contributed by atoms with Gasteiger partial charge in [0.2, 0.25) is 0 Å². The molecular formula is C16H24N2O. The number of rotatable bonds is 3. The summed E-state index contributed by atoms with van der Waals surface area (Å²) >= 11 is 0. The van der Waals surface area contributed by atoms with E-state index in [2.05, 4.69) is 36.6 Å². The maximum Gasteiger partial charge on any atom is 0.315 e. The van der Waals surface area contributed by atoms with Crippen LogP contribution in [0.5, 0.6) is 0 Å². The zero-order chi connectivity index (χ0) is 13.7. The Hall–Kier alpha value is -1.51. The van der Waals surface area contributed by atoms with Crippen LogP contribution in [-0.2, 0) is 6.54 Å². The molecule has 1 aromatic rings. The van der Waals surface area contributed by atoms with E-state index in [1.807, 2.05) is 12.1 Å². The third-order valence-corrected chi connectivity index (χ3v) is 3.97. The SMILES string of the molecule is Cc1ccccc1CNC(=O)NC1CCCC(C)C1. The summed E-state index contributed by atoms with van der Waals surface area (Å²) in [6, 6.07) is 8.45. The molecule has 1 fully saturated rings. The average Bonchev–Trinajstić information content (AvgIpc) is 2.38. The van der Waals surface area contributed by atoms with Crippen molar-refractivity contribution in [1.29, 1.82) is 0 Å². The fourth-order valence-electron chi connectivity index (χ4n) is 2.79. The summed E-state index contributed by atoms with van der Waals surface area (Å²) in [4.78, 5) is 11.9. The first kappa shape index (κ1) is 13.9. The first-order valence-electron chi connectivity index (χ1n) is 7.24. The highest BCUT2D eigenvalue weighted by Gasteiger charge is 2.20. The van der Waals surface area contributed by atoms with E-state index in [0.717, 1.165) is 18.8 Å². The van der Waals surface area contributed by atoms with Crippen molar-refractivity contribution in [2.45, 2.75) is 52.1 Å². The van der Waals surface area contributed by atoms with Gasteiger partial charge in [0.1, 0.15) is 0 Å². The monoisotopic (exact) mass is 260 g/mol. The molecule has 0 radical (unpaired) electrons. The van der Waals surface area contributed by atoms with Gasteiger partial charge in [-0.05, 0) is 36.8 Å². The van der Waals surface area contributed by atoms with E-state index in [0.29, 0.717) is 12.6 Å². The smallest absolute Gasteiger partial charge is 0.315 e. The Balaban J connectivity index is 1.77. The van der Waals surface area contributed by atoms with Crippen molar-refractivity contribution in [3.05, 3.63) is 35.4 Å². The second kappa shape index (κ2) is 6.60. The number of hydrogen-bond acceptors (Lipinski definition) is 1. The quantitative estimate of drug-likeness (QED) is 0.859. The second-order valence-corrected chi connectivity index (χ2v) is 5.72. The standard InChI is InChI=1S/C16H24N2O/c1-12-6-5-9-15(10-12)18-16(19)17-11-14-8-4-3-7-13(14)2/h3-4,7-8,12,15H,5-6,9-11H2,1-2H3,(H2,17,18,19). The number of urea groups is 1. The van der Waals surface area contributed by atoms with Gasteiger partial charge >= 0.3 is 6.03 Å². The van der Waals surface area contributed by atoms with Gasteiger partial charge in [0.05, 0.1) is 0 Å². The Morgan fingerprint density at radius 1 is 1.32 bits per heavy atom. The molecule has 3 nitrogen and oxygen atoms in total. The molecular weight excluding hydrogens is 236 g/mol. The van der Waals surface area contributed by atoms with Gasteiger partial charge in [-0.3, -0.25) is 0 Å². The molecule has 2 rings (SSSR count). The number of aryl methyl sites for hydroxylation is 1. The predicted octanol–water partition coefficient (Wildman–Crippen LogP) is 3.37. The Labute approximate surface area is 115 Å². The molecule has 2 unspecified atom stereocenters. The first-order valence-corrected chi connectivity index (χ1v) is 7.24. The Bertz CT molecular complexity index is 431. The third kappa shape index (κ3) is 4.27. The molecule has 0 spiro atoms. The minimum atomic E-state index is -0.0395. The number of carbonyl (C=O) groups excluding carboxylic acids is 1. The number of hydrogen-bond donors (Lipinski definition) is 2. The summed E-state index contributed by atoms with van der Waals surface area (Å²) in [5.41, 5.74) is 2.39. The molecule has 1 saturated carbocycles. The highest BCUT2D eigenvalue weighted by Crippen LogP contribution is 2.23. The fraction of sp³-hybridized carbons (Fsp3) is 0.562. The Kier molecular flexibility index (Phi) is 4.83. The highest BCUT2D eigenvalue weighted by atomic mass is 16.2. The second-order valence-electron chi connectivity index (χ2n) is 5.72. The van der Waals surface area contributed by atoms with E-state index in [9.17, 15) is 4.79 Å². The van der Waals surface area contributed by atoms with Crippen LogP contribution in [0.2, 0.25) is 0 Å². The molecule has 0 bridgehead atoms. The topological polar surface area (TPSA) is 41.1 Å². The fourth-order valence-corrected chi connectivity index (χ4v) is 2.79. The molecule has 104 valence electrons. The number of amides is 2. The normalized spacial score (nSPS) is 22.8. The number of benzene rings is 1. The number of nitrogens with one attached hydrogen (secondary N) is 2. The van der Waals surface area contributed by atoms with Crippen LogP contribution in [0.15, 0.2) is 24.3 Å². The maximum atomic E-state index is 11.9. The van der Waals surface area contributed by atoms with E-state index in [1.54, 1.807) is 0 Å². The van der Waals surface area contributed by atoms with Crippen LogP contribution in [0.25, 0.3) is 0 Å². The van der Waals surface area contributed by atoms with Gasteiger partial charge in [-0.25, -0.2) is 4.79 Å². The summed E-state index contributed by atoms with van der Waals surface area (Å²) in [6.45, 7) is 4.93. The molecule has 3 heteroatoms. The lowest BCUT2D eigenvalue weighted by molar-refractivity contribution is 0.227. The summed E-state index contributed by atoms with van der Waals surface area (Å²) < 4.78 is 0. The minimum absolute atomic E-state index is 0.0395. The van der Waals surface area contributed by atoms with Gasteiger partial charge in [-0.15, -0.1) is 0 Å². The first-order chi connectivity index (χ1) is 9.15. The van der Waals surface area contributed by atoms with Gasteiger partial charge in [-0.1, -0.05) is 44.0 Å². The van der Waals surface area contributed by atoms with Gasteiger partial charge in [0, 0.05) is 12.6 Å². The Morgan fingerprint density at radius 2 is 2.11 bits per heavy atom. The van der Waals surface area contributed by atoms with E-state index in [4.69, 9.17) is 0 Å². The van der Waals surface area contributed by atoms with Crippen molar-refractivity contribution in [1.82, 2.24) is 10.6 Å². The largest absolute Gasteiger partial charge is 0.335 e. The summed E-state index contributed by atoms with van der Waals surface area (Å²) in [5.74, 6) is 0.732. The van der Waals surface area contributed by atoms with E-state index in [-0.39, 0.29) is 6.03 Å². The van der Waals surface area contributed by atoms with Crippen molar-refractivity contribution in [3.63, 3.8) is 0 Å². The lowest BCUT2D eigenvalue weighted by Gasteiger charge is -2.27. The summed E-state index contributed by atoms with van der Waals surface area (Å²) in [7, 11) is 0. The molecule has 0 aliphatic heterocycles. The molecule has 1 aliphatic carbocycles. The average molecular weight is 260 g/mol. The molecule has 2 amide bonds. The molecule has 0 saturated heterocycles. The lowest BCUT2D eigenvalue weighted by Crippen LogP contribution is -2.43. The van der Waals surface area contributed by atoms with Crippen molar-refractivity contribution >= 4 is 6.03 Å². The molecule has 2 N–H and O–H groups in total. The molecule has 2 atom stereocenters. The van der Waals surface area contributed by atoms with E-state index in [1.165, 1.54) is 24.0 Å². The Morgan fingerprint density at radius 3 is 2.84 bits per heavy atom. The van der Waals surface area contributed by atoms with Crippen LogP contribution in [0.4, 0.5) is 4.79 Å². The lowest BCUT2D eigenvalue weighted by atomic mass is 9.87. The van der Waals surface area contributed by atoms with Crippen molar-refractivity contribution in [2.24, 2.45) is 5.92 Å². The molecule has 19 heavy (non-hydrogen) atoms. The summed E-state index contributed by atoms with van der Waals surface area (Å²) in [5, 5.41) is 6.04. The third-order valence-electron chi connectivity index (χ3n) is 3.97. The van der Waals surface area contributed by atoms with Crippen LogP contribution in [-0.4, -0.2) is 12.1 Å². The maximum absolute atomic E-state index is 11.9. The van der Waals surface area contributed by atoms with Gasteiger partial charge in [0.25, 0.3) is 0 Å². The van der Waals surface area contributed by atoms with Crippen LogP contribution < -0.4 is 10.6 Å². The molecule has 0 heterocycles. The van der Waals surface area contributed by atoms with Gasteiger partial charge in [-0.2, -0.15) is 0 Å². The zero-order valence-corrected chi connectivity index (χ0v) is 11.9. The van der Waals surface area contributed by atoms with Crippen LogP contribution in [0.1, 0.15) is 43.7 Å². The molecule has 1 aliphatic rings. The van der Waals surface area contributed by atoms with Gasteiger partial charge < -0.3 is 10.6 Å². The minimum Gasteiger partial charge on any atom is -0.335 e. The molecule has 1 aromatic carbocycles. The van der Waals surface area contributed by atoms with Crippen LogP contribution in [0, 0.1) is 12.8 Å². The van der Waals surface area contributed by atoms with E-state index < -0.39 is 0 Å². The van der Waals surface area contributed by atoms with E-state index >= 15 is 0 Å². The van der Waals surface area contributed by atoms with Crippen LogP contribution in [0.3, 0.4) is 0 Å². The van der Waals surface area contributed by atoms with Crippen molar-refractivity contribution < 1.29 is 4.79 Å². The molecule has 0 aromatic heterocycles. The van der Waals surface area contributed by atoms with Gasteiger partial charge in [0.15, 0.2) is 0 Å². The summed E-state index contributed by atoms with van der Waals surface area (Å²) in [6.07, 6.45) is 4.74.